The summed E-state index contributed by atoms with van der Waals surface area (Å²) in [5.74, 6) is 0.701. The smallest absolute Gasteiger partial charge is 0.251 e. The Morgan fingerprint density at radius 3 is 2.87 bits per heavy atom. The number of carbonyl (C=O) groups is 1. The van der Waals surface area contributed by atoms with Crippen molar-refractivity contribution in [3.8, 4) is 0 Å². The second kappa shape index (κ2) is 5.24. The molecule has 0 unspecified atom stereocenters. The predicted octanol–water partition coefficient (Wildman–Crippen LogP) is 3.13. The second-order valence-corrected chi connectivity index (χ2v) is 6.43. The molecule has 0 saturated heterocycles. The van der Waals surface area contributed by atoms with Gasteiger partial charge in [-0.3, -0.25) is 9.36 Å². The van der Waals surface area contributed by atoms with E-state index in [1.165, 1.54) is 0 Å². The van der Waals surface area contributed by atoms with Crippen molar-refractivity contribution < 1.29 is 4.79 Å². The van der Waals surface area contributed by atoms with Crippen LogP contribution >= 0.6 is 11.3 Å². The molecule has 0 bridgehead atoms. The highest BCUT2D eigenvalue weighted by atomic mass is 32.1. The SMILES string of the molecule is CNC(=O)C1=C(C)Nc2nc3ccccc3n2[C@@H]1c1cccs1. The first-order valence-electron chi connectivity index (χ1n) is 7.41. The first-order valence-corrected chi connectivity index (χ1v) is 8.29. The van der Waals surface area contributed by atoms with Gasteiger partial charge in [-0.25, -0.2) is 4.98 Å². The largest absolute Gasteiger partial charge is 0.355 e. The van der Waals surface area contributed by atoms with Gasteiger partial charge in [0.15, 0.2) is 0 Å². The number of para-hydroxylation sites is 2. The Morgan fingerprint density at radius 2 is 2.13 bits per heavy atom. The molecule has 0 aliphatic carbocycles. The fraction of sp³-hybridized carbons (Fsp3) is 0.176. The molecular formula is C17H16N4OS. The number of rotatable bonds is 2. The molecule has 6 heteroatoms. The highest BCUT2D eigenvalue weighted by Crippen LogP contribution is 2.40. The molecule has 0 fully saturated rings. The van der Waals surface area contributed by atoms with Crippen molar-refractivity contribution in [2.45, 2.75) is 13.0 Å². The summed E-state index contributed by atoms with van der Waals surface area (Å²) in [4.78, 5) is 18.3. The molecule has 1 amide bonds. The van der Waals surface area contributed by atoms with Gasteiger partial charge in [-0.05, 0) is 30.5 Å². The van der Waals surface area contributed by atoms with Crippen LogP contribution in [0, 0.1) is 0 Å². The van der Waals surface area contributed by atoms with E-state index in [4.69, 9.17) is 0 Å². The van der Waals surface area contributed by atoms with Gasteiger partial charge in [-0.15, -0.1) is 11.3 Å². The van der Waals surface area contributed by atoms with Crippen LogP contribution in [0.2, 0.25) is 0 Å². The number of fused-ring (bicyclic) bond motifs is 3. The number of benzene rings is 1. The summed E-state index contributed by atoms with van der Waals surface area (Å²) in [6, 6.07) is 11.9. The number of carbonyl (C=O) groups excluding carboxylic acids is 1. The second-order valence-electron chi connectivity index (χ2n) is 5.45. The van der Waals surface area contributed by atoms with Crippen LogP contribution < -0.4 is 10.6 Å². The fourth-order valence-electron chi connectivity index (χ4n) is 3.11. The number of thiophene rings is 1. The number of aromatic nitrogens is 2. The Kier molecular flexibility index (Phi) is 3.20. The van der Waals surface area contributed by atoms with E-state index < -0.39 is 0 Å². The van der Waals surface area contributed by atoms with Gasteiger partial charge >= 0.3 is 0 Å². The maximum absolute atomic E-state index is 12.5. The van der Waals surface area contributed by atoms with E-state index in [1.54, 1.807) is 18.4 Å². The van der Waals surface area contributed by atoms with Crippen molar-refractivity contribution >= 4 is 34.2 Å². The summed E-state index contributed by atoms with van der Waals surface area (Å²) in [6.07, 6.45) is 0. The van der Waals surface area contributed by atoms with E-state index in [9.17, 15) is 4.79 Å². The van der Waals surface area contributed by atoms with Crippen molar-refractivity contribution in [2.24, 2.45) is 0 Å². The van der Waals surface area contributed by atoms with Gasteiger partial charge in [0.1, 0.15) is 6.04 Å². The topological polar surface area (TPSA) is 59.0 Å². The molecule has 2 N–H and O–H groups in total. The van der Waals surface area contributed by atoms with Crippen LogP contribution in [-0.2, 0) is 4.79 Å². The van der Waals surface area contributed by atoms with E-state index >= 15 is 0 Å². The lowest BCUT2D eigenvalue weighted by Crippen LogP contribution is -2.32. The summed E-state index contributed by atoms with van der Waals surface area (Å²) in [6.45, 7) is 1.92. The Bertz CT molecular complexity index is 923. The molecule has 116 valence electrons. The van der Waals surface area contributed by atoms with Crippen molar-refractivity contribution in [1.82, 2.24) is 14.9 Å². The molecule has 2 aromatic heterocycles. The predicted molar refractivity (Wildman–Crippen MR) is 92.6 cm³/mol. The summed E-state index contributed by atoms with van der Waals surface area (Å²) >= 11 is 1.65. The molecule has 5 nitrogen and oxygen atoms in total. The number of anilines is 1. The van der Waals surface area contributed by atoms with E-state index in [0.29, 0.717) is 0 Å². The van der Waals surface area contributed by atoms with Crippen LogP contribution in [0.4, 0.5) is 5.95 Å². The zero-order valence-electron chi connectivity index (χ0n) is 12.8. The van der Waals surface area contributed by atoms with Gasteiger partial charge in [-0.1, -0.05) is 18.2 Å². The number of imidazole rings is 1. The van der Waals surface area contributed by atoms with Gasteiger partial charge in [0.05, 0.1) is 16.6 Å². The number of allylic oxidation sites excluding steroid dienone is 1. The normalized spacial score (nSPS) is 17.0. The van der Waals surface area contributed by atoms with Crippen LogP contribution in [0.5, 0.6) is 0 Å². The Labute approximate surface area is 137 Å². The van der Waals surface area contributed by atoms with Crippen LogP contribution in [-0.4, -0.2) is 22.5 Å². The zero-order chi connectivity index (χ0) is 16.0. The van der Waals surface area contributed by atoms with Crippen molar-refractivity contribution in [3.05, 3.63) is 57.9 Å². The number of nitrogens with one attached hydrogen (secondary N) is 2. The monoisotopic (exact) mass is 324 g/mol. The van der Waals surface area contributed by atoms with E-state index in [2.05, 4.69) is 26.3 Å². The molecule has 3 aromatic rings. The Hall–Kier alpha value is -2.60. The third kappa shape index (κ3) is 2.06. The molecular weight excluding hydrogens is 308 g/mol. The lowest BCUT2D eigenvalue weighted by atomic mass is 10.00. The van der Waals surface area contributed by atoms with Crippen molar-refractivity contribution in [3.63, 3.8) is 0 Å². The number of amides is 1. The summed E-state index contributed by atoms with van der Waals surface area (Å²) in [5, 5.41) is 8.08. The number of likely N-dealkylation sites (N-methyl/N-ethyl adjacent to an activating group) is 1. The van der Waals surface area contributed by atoms with E-state index in [0.717, 1.165) is 33.1 Å². The molecule has 0 radical (unpaired) electrons. The zero-order valence-corrected chi connectivity index (χ0v) is 13.6. The minimum absolute atomic E-state index is 0.0724. The number of hydrogen-bond donors (Lipinski definition) is 2. The third-order valence-corrected chi connectivity index (χ3v) is 5.04. The average molecular weight is 324 g/mol. The maximum atomic E-state index is 12.5. The lowest BCUT2D eigenvalue weighted by molar-refractivity contribution is -0.117. The van der Waals surface area contributed by atoms with Gasteiger partial charge < -0.3 is 10.6 Å². The fourth-order valence-corrected chi connectivity index (χ4v) is 3.93. The Balaban J connectivity index is 2.02. The quantitative estimate of drug-likeness (QED) is 0.761. The molecule has 0 saturated carbocycles. The lowest BCUT2D eigenvalue weighted by Gasteiger charge is -2.29. The highest BCUT2D eigenvalue weighted by Gasteiger charge is 2.34. The summed E-state index contributed by atoms with van der Waals surface area (Å²) < 4.78 is 2.11. The minimum Gasteiger partial charge on any atom is -0.355 e. The van der Waals surface area contributed by atoms with E-state index in [1.807, 2.05) is 42.6 Å². The molecule has 3 heterocycles. The van der Waals surface area contributed by atoms with Gasteiger partial charge in [-0.2, -0.15) is 0 Å². The molecule has 1 aromatic carbocycles. The molecule has 1 atom stereocenters. The van der Waals surface area contributed by atoms with Gasteiger partial charge in [0.25, 0.3) is 5.91 Å². The number of hydrogen-bond acceptors (Lipinski definition) is 4. The standard InChI is InChI=1S/C17H16N4OS/c1-10-14(16(22)18-2)15(13-8-5-9-23-13)21-12-7-4-3-6-11(12)20-17(21)19-10/h3-9,15H,1-2H3,(H,18,22)(H,19,20)/t15-/m1/s1. The molecule has 4 rings (SSSR count). The van der Waals surface area contributed by atoms with Crippen LogP contribution in [0.1, 0.15) is 17.8 Å². The first-order chi connectivity index (χ1) is 11.2. The Morgan fingerprint density at radius 1 is 1.30 bits per heavy atom. The van der Waals surface area contributed by atoms with Crippen LogP contribution in [0.3, 0.4) is 0 Å². The minimum atomic E-state index is -0.168. The first kappa shape index (κ1) is 14.0. The summed E-state index contributed by atoms with van der Waals surface area (Å²) in [5.41, 5.74) is 3.50. The third-order valence-electron chi connectivity index (χ3n) is 4.12. The molecule has 23 heavy (non-hydrogen) atoms. The highest BCUT2D eigenvalue weighted by molar-refractivity contribution is 7.10. The van der Waals surface area contributed by atoms with E-state index in [-0.39, 0.29) is 11.9 Å². The van der Waals surface area contributed by atoms with Crippen LogP contribution in [0.15, 0.2) is 53.0 Å². The average Bonchev–Trinajstić information content (AvgIpc) is 3.20. The molecule has 1 aliphatic heterocycles. The van der Waals surface area contributed by atoms with Crippen LogP contribution in [0.25, 0.3) is 11.0 Å². The van der Waals surface area contributed by atoms with Gasteiger partial charge in [0.2, 0.25) is 5.95 Å². The molecule has 1 aliphatic rings. The number of nitrogens with zero attached hydrogens (tertiary/aromatic N) is 2. The van der Waals surface area contributed by atoms with Crippen molar-refractivity contribution in [1.29, 1.82) is 0 Å². The van der Waals surface area contributed by atoms with Gasteiger partial charge in [0, 0.05) is 17.6 Å². The van der Waals surface area contributed by atoms with Crippen molar-refractivity contribution in [2.75, 3.05) is 12.4 Å². The maximum Gasteiger partial charge on any atom is 0.251 e. The summed E-state index contributed by atoms with van der Waals surface area (Å²) in [7, 11) is 1.66. The molecule has 0 spiro atoms.